The highest BCUT2D eigenvalue weighted by atomic mass is 16.2. The Morgan fingerprint density at radius 1 is 0.840 bits per heavy atom. The monoisotopic (exact) mass is 339 g/mol. The lowest BCUT2D eigenvalue weighted by Crippen LogP contribution is -2.25. The number of anilines is 2. The third kappa shape index (κ3) is 6.67. The van der Waals surface area contributed by atoms with Crippen LogP contribution in [0.2, 0.25) is 0 Å². The number of unbranched alkanes of at least 4 members (excludes halogenated alkanes) is 3. The Balaban J connectivity index is 1.53. The number of carbonyl (C=O) groups excluding carboxylic acids is 2. The molecule has 2 rings (SSSR count). The molecule has 0 saturated carbocycles. The van der Waals surface area contributed by atoms with Crippen LogP contribution in [0.25, 0.3) is 0 Å². The third-order valence-corrected chi connectivity index (χ3v) is 3.88. The van der Waals surface area contributed by atoms with Crippen LogP contribution in [0.3, 0.4) is 0 Å². The fourth-order valence-electron chi connectivity index (χ4n) is 2.51. The summed E-state index contributed by atoms with van der Waals surface area (Å²) in [5.41, 5.74) is 7.61. The van der Waals surface area contributed by atoms with Gasteiger partial charge in [-0.3, -0.25) is 9.59 Å². The van der Waals surface area contributed by atoms with Gasteiger partial charge in [-0.05, 0) is 37.1 Å². The summed E-state index contributed by atoms with van der Waals surface area (Å²) in [5, 5.41) is 5.75. The fraction of sp³-hybridized carbons (Fsp3) is 0.300. The van der Waals surface area contributed by atoms with Crippen LogP contribution < -0.4 is 16.4 Å². The van der Waals surface area contributed by atoms with Gasteiger partial charge in [0.25, 0.3) is 5.91 Å². The second-order valence-electron chi connectivity index (χ2n) is 5.92. The van der Waals surface area contributed by atoms with Crippen molar-refractivity contribution >= 4 is 23.2 Å². The van der Waals surface area contributed by atoms with E-state index in [0.717, 1.165) is 31.4 Å². The summed E-state index contributed by atoms with van der Waals surface area (Å²) in [7, 11) is 0. The topological polar surface area (TPSA) is 84.2 Å². The Bertz CT molecular complexity index is 686. The first kappa shape index (κ1) is 18.5. The first-order valence-corrected chi connectivity index (χ1v) is 8.64. The Morgan fingerprint density at radius 3 is 2.28 bits per heavy atom. The molecule has 132 valence electrons. The van der Waals surface area contributed by atoms with E-state index in [0.29, 0.717) is 24.2 Å². The lowest BCUT2D eigenvalue weighted by Gasteiger charge is -2.07. The molecule has 0 bridgehead atoms. The van der Waals surface area contributed by atoms with Gasteiger partial charge < -0.3 is 16.4 Å². The summed E-state index contributed by atoms with van der Waals surface area (Å²) in [6.07, 6.45) is 4.19. The van der Waals surface area contributed by atoms with E-state index in [9.17, 15) is 9.59 Å². The van der Waals surface area contributed by atoms with Gasteiger partial charge in [0.1, 0.15) is 0 Å². The summed E-state index contributed by atoms with van der Waals surface area (Å²) < 4.78 is 0. The van der Waals surface area contributed by atoms with Crippen LogP contribution in [0.15, 0.2) is 54.6 Å². The number of carbonyl (C=O) groups is 2. The molecular formula is C20H25N3O2. The molecule has 5 nitrogen and oxygen atoms in total. The minimum Gasteiger partial charge on any atom is -0.398 e. The molecule has 0 unspecified atom stereocenters. The highest BCUT2D eigenvalue weighted by Gasteiger charge is 2.07. The number of nitrogen functional groups attached to an aromatic ring is 1. The van der Waals surface area contributed by atoms with Crippen molar-refractivity contribution in [1.82, 2.24) is 5.32 Å². The zero-order valence-corrected chi connectivity index (χ0v) is 14.3. The van der Waals surface area contributed by atoms with Gasteiger partial charge in [0.2, 0.25) is 5.91 Å². The summed E-state index contributed by atoms with van der Waals surface area (Å²) in [5.74, 6) is -0.0978. The van der Waals surface area contributed by atoms with Crippen molar-refractivity contribution < 1.29 is 9.59 Å². The second kappa shape index (κ2) is 10.1. The van der Waals surface area contributed by atoms with Gasteiger partial charge in [-0.15, -0.1) is 0 Å². The van der Waals surface area contributed by atoms with Crippen LogP contribution in [-0.4, -0.2) is 18.4 Å². The number of hydrogen-bond donors (Lipinski definition) is 3. The molecular weight excluding hydrogens is 314 g/mol. The molecule has 0 aliphatic rings. The van der Waals surface area contributed by atoms with Crippen molar-refractivity contribution in [3.63, 3.8) is 0 Å². The van der Waals surface area contributed by atoms with Gasteiger partial charge in [-0.1, -0.05) is 43.2 Å². The normalized spacial score (nSPS) is 10.2. The molecule has 2 amide bonds. The van der Waals surface area contributed by atoms with Crippen LogP contribution in [0.5, 0.6) is 0 Å². The van der Waals surface area contributed by atoms with Gasteiger partial charge in [0.05, 0.1) is 5.56 Å². The van der Waals surface area contributed by atoms with E-state index < -0.39 is 0 Å². The van der Waals surface area contributed by atoms with E-state index in [-0.39, 0.29) is 11.8 Å². The first-order valence-electron chi connectivity index (χ1n) is 8.64. The maximum absolute atomic E-state index is 12.0. The van der Waals surface area contributed by atoms with E-state index in [4.69, 9.17) is 5.73 Å². The van der Waals surface area contributed by atoms with Crippen molar-refractivity contribution in [3.8, 4) is 0 Å². The third-order valence-electron chi connectivity index (χ3n) is 3.88. The maximum atomic E-state index is 12.0. The van der Waals surface area contributed by atoms with Gasteiger partial charge in [-0.25, -0.2) is 0 Å². The van der Waals surface area contributed by atoms with E-state index in [1.807, 2.05) is 30.3 Å². The first-order chi connectivity index (χ1) is 12.2. The Morgan fingerprint density at radius 2 is 1.52 bits per heavy atom. The van der Waals surface area contributed by atoms with Crippen LogP contribution in [0, 0.1) is 0 Å². The van der Waals surface area contributed by atoms with E-state index >= 15 is 0 Å². The van der Waals surface area contributed by atoms with Gasteiger partial charge in [0, 0.05) is 24.3 Å². The average Bonchev–Trinajstić information content (AvgIpc) is 2.62. The zero-order chi connectivity index (χ0) is 17.9. The molecule has 0 heterocycles. The highest BCUT2D eigenvalue weighted by molar-refractivity contribution is 5.99. The number of rotatable bonds is 9. The molecule has 0 aliphatic heterocycles. The number of hydrogen-bond acceptors (Lipinski definition) is 3. The Hall–Kier alpha value is -2.82. The van der Waals surface area contributed by atoms with Crippen molar-refractivity contribution in [2.75, 3.05) is 17.6 Å². The number of amides is 2. The molecule has 2 aromatic rings. The standard InChI is InChI=1S/C20H25N3O2/c21-18-13-8-7-12-17(18)20(25)22-15-9-2-1-6-14-19(24)23-16-10-4-3-5-11-16/h3-5,7-8,10-13H,1-2,6,9,14-15,21H2,(H,22,25)(H,23,24). The zero-order valence-electron chi connectivity index (χ0n) is 14.3. The summed E-state index contributed by atoms with van der Waals surface area (Å²) in [6.45, 7) is 0.614. The number of nitrogens with one attached hydrogen (secondary N) is 2. The maximum Gasteiger partial charge on any atom is 0.253 e. The van der Waals surface area contributed by atoms with Crippen molar-refractivity contribution in [2.45, 2.75) is 32.1 Å². The Kier molecular flexibility index (Phi) is 7.50. The smallest absolute Gasteiger partial charge is 0.253 e. The van der Waals surface area contributed by atoms with Crippen molar-refractivity contribution in [1.29, 1.82) is 0 Å². The minimum atomic E-state index is -0.139. The molecule has 0 aliphatic carbocycles. The number of para-hydroxylation sites is 2. The van der Waals surface area contributed by atoms with E-state index in [1.54, 1.807) is 24.3 Å². The lowest BCUT2D eigenvalue weighted by molar-refractivity contribution is -0.116. The lowest BCUT2D eigenvalue weighted by atomic mass is 10.1. The molecule has 0 atom stereocenters. The highest BCUT2D eigenvalue weighted by Crippen LogP contribution is 2.10. The number of nitrogens with two attached hydrogens (primary N) is 1. The van der Waals surface area contributed by atoms with Gasteiger partial charge >= 0.3 is 0 Å². The molecule has 2 aromatic carbocycles. The van der Waals surface area contributed by atoms with Crippen LogP contribution >= 0.6 is 0 Å². The SMILES string of the molecule is Nc1ccccc1C(=O)NCCCCCCC(=O)Nc1ccccc1. The van der Waals surface area contributed by atoms with Crippen LogP contribution in [0.1, 0.15) is 42.5 Å². The van der Waals surface area contributed by atoms with Crippen molar-refractivity contribution in [2.24, 2.45) is 0 Å². The molecule has 5 heteroatoms. The van der Waals surface area contributed by atoms with Crippen LogP contribution in [0.4, 0.5) is 11.4 Å². The summed E-state index contributed by atoms with van der Waals surface area (Å²) in [6, 6.07) is 16.5. The molecule has 0 fully saturated rings. The predicted octanol–water partition coefficient (Wildman–Crippen LogP) is 3.59. The van der Waals surface area contributed by atoms with Crippen LogP contribution in [-0.2, 0) is 4.79 Å². The van der Waals surface area contributed by atoms with E-state index in [1.165, 1.54) is 0 Å². The largest absolute Gasteiger partial charge is 0.398 e. The average molecular weight is 339 g/mol. The summed E-state index contributed by atoms with van der Waals surface area (Å²) in [4.78, 5) is 23.8. The second-order valence-corrected chi connectivity index (χ2v) is 5.92. The van der Waals surface area contributed by atoms with Gasteiger partial charge in [0.15, 0.2) is 0 Å². The molecule has 0 spiro atoms. The van der Waals surface area contributed by atoms with Crippen molar-refractivity contribution in [3.05, 3.63) is 60.2 Å². The molecule has 0 saturated heterocycles. The summed E-state index contributed by atoms with van der Waals surface area (Å²) >= 11 is 0. The van der Waals surface area contributed by atoms with E-state index in [2.05, 4.69) is 10.6 Å². The Labute approximate surface area is 148 Å². The molecule has 25 heavy (non-hydrogen) atoms. The quantitative estimate of drug-likeness (QED) is 0.482. The predicted molar refractivity (Wildman–Crippen MR) is 101 cm³/mol. The molecule has 0 aromatic heterocycles. The fourth-order valence-corrected chi connectivity index (χ4v) is 2.51. The molecule has 0 radical (unpaired) electrons. The number of benzene rings is 2. The minimum absolute atomic E-state index is 0.0408. The molecule has 4 N–H and O–H groups in total. The van der Waals surface area contributed by atoms with Gasteiger partial charge in [-0.2, -0.15) is 0 Å².